The minimum atomic E-state index is -0.616. The van der Waals surface area contributed by atoms with Gasteiger partial charge in [0.05, 0.1) is 27.7 Å². The predicted octanol–water partition coefficient (Wildman–Crippen LogP) is 3.23. The van der Waals surface area contributed by atoms with Gasteiger partial charge in [0, 0.05) is 24.1 Å². The van der Waals surface area contributed by atoms with Crippen LogP contribution in [0, 0.1) is 17.0 Å². The molecule has 2 rings (SSSR count). The zero-order chi connectivity index (χ0) is 21.6. The highest BCUT2D eigenvalue weighted by Crippen LogP contribution is 2.34. The van der Waals surface area contributed by atoms with Crippen LogP contribution in [0.2, 0.25) is 0 Å². The van der Waals surface area contributed by atoms with Crippen LogP contribution in [-0.4, -0.2) is 42.1 Å². The summed E-state index contributed by atoms with van der Waals surface area (Å²) in [5.41, 5.74) is 0.559. The van der Waals surface area contributed by atoms with E-state index in [2.05, 4.69) is 10.6 Å². The Morgan fingerprint density at radius 2 is 1.90 bits per heavy atom. The standard InChI is InChI=1S/C18H19N3O6S2/c1-4-27-18(24)14-10(2)15(16(23)19-3)29-17(14)20-13(22)9-28-12-7-5-11(6-8-12)21(25)26/h5-8H,4,9H2,1-3H3,(H,19,23)(H,20,22). The number of ether oxygens (including phenoxy) is 1. The van der Waals surface area contributed by atoms with Crippen molar-refractivity contribution in [3.05, 3.63) is 50.4 Å². The average molecular weight is 437 g/mol. The third-order valence-corrected chi connectivity index (χ3v) is 5.95. The first-order valence-corrected chi connectivity index (χ1v) is 10.3. The number of rotatable bonds is 8. The van der Waals surface area contributed by atoms with Crippen molar-refractivity contribution in [3.63, 3.8) is 0 Å². The fraction of sp³-hybridized carbons (Fsp3) is 0.278. The first kappa shape index (κ1) is 22.4. The molecule has 29 heavy (non-hydrogen) atoms. The maximum Gasteiger partial charge on any atom is 0.341 e. The molecule has 0 aliphatic rings. The van der Waals surface area contributed by atoms with Crippen LogP contribution in [0.1, 0.15) is 32.5 Å². The zero-order valence-electron chi connectivity index (χ0n) is 15.9. The number of hydrogen-bond donors (Lipinski definition) is 2. The predicted molar refractivity (Wildman–Crippen MR) is 111 cm³/mol. The largest absolute Gasteiger partial charge is 0.462 e. The van der Waals surface area contributed by atoms with Crippen LogP contribution in [0.4, 0.5) is 10.7 Å². The van der Waals surface area contributed by atoms with Crippen molar-refractivity contribution in [3.8, 4) is 0 Å². The van der Waals surface area contributed by atoms with E-state index in [1.165, 1.54) is 30.9 Å². The van der Waals surface area contributed by atoms with Gasteiger partial charge in [0.1, 0.15) is 5.00 Å². The molecule has 2 amide bonds. The van der Waals surface area contributed by atoms with Gasteiger partial charge in [-0.3, -0.25) is 19.7 Å². The Kier molecular flexibility index (Phi) is 7.74. The Hall–Kier alpha value is -2.92. The Bertz CT molecular complexity index is 940. The quantitative estimate of drug-likeness (QED) is 0.281. The molecule has 1 aromatic carbocycles. The van der Waals surface area contributed by atoms with Crippen molar-refractivity contribution in [2.24, 2.45) is 0 Å². The van der Waals surface area contributed by atoms with E-state index >= 15 is 0 Å². The molecule has 1 heterocycles. The Balaban J connectivity index is 2.14. The lowest BCUT2D eigenvalue weighted by Crippen LogP contribution is -2.18. The lowest BCUT2D eigenvalue weighted by Gasteiger charge is -2.07. The molecule has 0 aliphatic carbocycles. The molecule has 11 heteroatoms. The number of thioether (sulfide) groups is 1. The molecule has 1 aromatic heterocycles. The average Bonchev–Trinajstić information content (AvgIpc) is 3.02. The second-order valence-corrected chi connectivity index (χ2v) is 7.72. The number of carbonyl (C=O) groups excluding carboxylic acids is 3. The molecule has 0 spiro atoms. The zero-order valence-corrected chi connectivity index (χ0v) is 17.6. The number of nitro groups is 1. The van der Waals surface area contributed by atoms with Crippen molar-refractivity contribution in [2.75, 3.05) is 24.7 Å². The van der Waals surface area contributed by atoms with Crippen LogP contribution < -0.4 is 10.6 Å². The third kappa shape index (κ3) is 5.55. The summed E-state index contributed by atoms with van der Waals surface area (Å²) in [5.74, 6) is -1.34. The highest BCUT2D eigenvalue weighted by molar-refractivity contribution is 8.00. The maximum atomic E-state index is 12.4. The van der Waals surface area contributed by atoms with Gasteiger partial charge in [0.2, 0.25) is 5.91 Å². The second kappa shape index (κ2) is 10.0. The maximum absolute atomic E-state index is 12.4. The van der Waals surface area contributed by atoms with Gasteiger partial charge in [0.25, 0.3) is 11.6 Å². The molecular weight excluding hydrogens is 418 g/mol. The lowest BCUT2D eigenvalue weighted by atomic mass is 10.1. The molecule has 0 aliphatic heterocycles. The third-order valence-electron chi connectivity index (χ3n) is 3.73. The van der Waals surface area contributed by atoms with Crippen LogP contribution in [0.5, 0.6) is 0 Å². The molecule has 0 saturated heterocycles. The molecule has 9 nitrogen and oxygen atoms in total. The number of thiophene rings is 1. The van der Waals surface area contributed by atoms with Crippen molar-refractivity contribution in [1.82, 2.24) is 5.32 Å². The molecule has 2 N–H and O–H groups in total. The van der Waals surface area contributed by atoms with Crippen molar-refractivity contribution < 1.29 is 24.0 Å². The van der Waals surface area contributed by atoms with E-state index in [0.29, 0.717) is 15.3 Å². The van der Waals surface area contributed by atoms with E-state index in [1.807, 2.05) is 0 Å². The Morgan fingerprint density at radius 1 is 1.24 bits per heavy atom. The monoisotopic (exact) mass is 437 g/mol. The lowest BCUT2D eigenvalue weighted by molar-refractivity contribution is -0.384. The highest BCUT2D eigenvalue weighted by atomic mass is 32.2. The van der Waals surface area contributed by atoms with Crippen LogP contribution in [0.15, 0.2) is 29.2 Å². The fourth-order valence-corrected chi connectivity index (χ4v) is 4.21. The number of hydrogen-bond acceptors (Lipinski definition) is 8. The number of nitrogens with one attached hydrogen (secondary N) is 2. The van der Waals surface area contributed by atoms with Gasteiger partial charge in [-0.05, 0) is 31.5 Å². The van der Waals surface area contributed by atoms with Crippen molar-refractivity contribution >= 4 is 51.6 Å². The van der Waals surface area contributed by atoms with Crippen LogP contribution in [-0.2, 0) is 9.53 Å². The number of nitrogens with zero attached hydrogens (tertiary/aromatic N) is 1. The number of anilines is 1. The van der Waals surface area contributed by atoms with Crippen LogP contribution in [0.25, 0.3) is 0 Å². The number of benzene rings is 1. The van der Waals surface area contributed by atoms with E-state index in [1.54, 1.807) is 26.0 Å². The van der Waals surface area contributed by atoms with Gasteiger partial charge in [-0.2, -0.15) is 0 Å². The van der Waals surface area contributed by atoms with E-state index in [9.17, 15) is 24.5 Å². The molecule has 0 unspecified atom stereocenters. The van der Waals surface area contributed by atoms with Gasteiger partial charge in [-0.15, -0.1) is 23.1 Å². The van der Waals surface area contributed by atoms with E-state index in [-0.39, 0.29) is 40.4 Å². The van der Waals surface area contributed by atoms with E-state index < -0.39 is 10.9 Å². The summed E-state index contributed by atoms with van der Waals surface area (Å²) in [6.07, 6.45) is 0. The number of non-ortho nitro benzene ring substituents is 1. The summed E-state index contributed by atoms with van der Waals surface area (Å²) < 4.78 is 5.04. The summed E-state index contributed by atoms with van der Waals surface area (Å²) in [6.45, 7) is 3.44. The van der Waals surface area contributed by atoms with Crippen LogP contribution in [0.3, 0.4) is 0 Å². The van der Waals surface area contributed by atoms with Gasteiger partial charge in [0.15, 0.2) is 0 Å². The molecule has 0 atom stereocenters. The van der Waals surface area contributed by atoms with E-state index in [4.69, 9.17) is 4.74 Å². The number of esters is 1. The molecule has 0 bridgehead atoms. The minimum absolute atomic E-state index is 0.0202. The first-order chi connectivity index (χ1) is 13.8. The van der Waals surface area contributed by atoms with E-state index in [0.717, 1.165) is 11.3 Å². The molecule has 0 saturated carbocycles. The summed E-state index contributed by atoms with van der Waals surface area (Å²) in [6, 6.07) is 5.83. The number of carbonyl (C=O) groups is 3. The fourth-order valence-electron chi connectivity index (χ4n) is 2.36. The summed E-state index contributed by atoms with van der Waals surface area (Å²) in [4.78, 5) is 47.9. The summed E-state index contributed by atoms with van der Waals surface area (Å²) >= 11 is 2.19. The van der Waals surface area contributed by atoms with Gasteiger partial charge >= 0.3 is 5.97 Å². The summed E-state index contributed by atoms with van der Waals surface area (Å²) in [7, 11) is 1.48. The van der Waals surface area contributed by atoms with Gasteiger partial charge in [-0.25, -0.2) is 4.79 Å². The molecular formula is C18H19N3O6S2. The van der Waals surface area contributed by atoms with Gasteiger partial charge < -0.3 is 15.4 Å². The van der Waals surface area contributed by atoms with Gasteiger partial charge in [-0.1, -0.05) is 0 Å². The number of nitro benzene ring substituents is 1. The van der Waals surface area contributed by atoms with Crippen molar-refractivity contribution in [2.45, 2.75) is 18.7 Å². The van der Waals surface area contributed by atoms with Crippen LogP contribution >= 0.6 is 23.1 Å². The molecule has 2 aromatic rings. The SMILES string of the molecule is CCOC(=O)c1c(NC(=O)CSc2ccc([N+](=O)[O-])cc2)sc(C(=O)NC)c1C. The smallest absolute Gasteiger partial charge is 0.341 e. The highest BCUT2D eigenvalue weighted by Gasteiger charge is 2.26. The summed E-state index contributed by atoms with van der Waals surface area (Å²) in [5, 5.41) is 16.1. The number of amides is 2. The molecule has 0 radical (unpaired) electrons. The van der Waals surface area contributed by atoms with Crippen molar-refractivity contribution in [1.29, 1.82) is 0 Å². The normalized spacial score (nSPS) is 10.3. The minimum Gasteiger partial charge on any atom is -0.462 e. The Morgan fingerprint density at radius 3 is 2.45 bits per heavy atom. The first-order valence-electron chi connectivity index (χ1n) is 8.48. The second-order valence-electron chi connectivity index (χ2n) is 5.65. The Labute approximate surface area is 175 Å². The molecule has 0 fully saturated rings. The molecule has 154 valence electrons. The topological polar surface area (TPSA) is 128 Å².